The van der Waals surface area contributed by atoms with Gasteiger partial charge in [-0.15, -0.1) is 0 Å². The fraction of sp³-hybridized carbons (Fsp3) is 0.667. The van der Waals surface area contributed by atoms with Gasteiger partial charge in [0.15, 0.2) is 0 Å². The number of aliphatic hydroxyl groups is 2. The van der Waals surface area contributed by atoms with Crippen molar-refractivity contribution in [3.05, 3.63) is 35.9 Å². The average Bonchev–Trinajstić information content (AvgIpc) is 2.69. The number of carbonyl (C=O) groups excluding carboxylic acids is 1. The van der Waals surface area contributed by atoms with Crippen LogP contribution in [0.5, 0.6) is 0 Å². The highest BCUT2D eigenvalue weighted by molar-refractivity contribution is 5.82. The summed E-state index contributed by atoms with van der Waals surface area (Å²) in [5.74, 6) is 0.195. The second-order valence-corrected chi connectivity index (χ2v) is 8.22. The molecule has 5 heteroatoms. The van der Waals surface area contributed by atoms with Gasteiger partial charge in [-0.1, -0.05) is 43.2 Å². The zero-order valence-corrected chi connectivity index (χ0v) is 15.3. The normalized spacial score (nSPS) is 37.8. The van der Waals surface area contributed by atoms with Crippen LogP contribution in [-0.2, 0) is 10.4 Å². The molecule has 5 atom stereocenters. The lowest BCUT2D eigenvalue weighted by Gasteiger charge is -2.53. The van der Waals surface area contributed by atoms with Crippen LogP contribution in [-0.4, -0.2) is 52.3 Å². The van der Waals surface area contributed by atoms with E-state index in [4.69, 9.17) is 0 Å². The van der Waals surface area contributed by atoms with Crippen LogP contribution in [0.15, 0.2) is 30.3 Å². The van der Waals surface area contributed by atoms with Crippen molar-refractivity contribution in [1.82, 2.24) is 10.2 Å². The number of piperidine rings is 2. The van der Waals surface area contributed by atoms with Crippen molar-refractivity contribution >= 4 is 5.91 Å². The maximum Gasteiger partial charge on any atom is 0.240 e. The minimum atomic E-state index is -0.845. The van der Waals surface area contributed by atoms with Gasteiger partial charge in [-0.25, -0.2) is 0 Å². The van der Waals surface area contributed by atoms with E-state index in [0.29, 0.717) is 32.4 Å². The van der Waals surface area contributed by atoms with E-state index in [9.17, 15) is 15.0 Å². The van der Waals surface area contributed by atoms with Crippen molar-refractivity contribution < 1.29 is 15.0 Å². The summed E-state index contributed by atoms with van der Waals surface area (Å²) in [6.07, 6.45) is 5.54. The fourth-order valence-corrected chi connectivity index (χ4v) is 5.33. The van der Waals surface area contributed by atoms with E-state index in [1.807, 2.05) is 35.2 Å². The molecule has 1 aromatic rings. The average molecular weight is 358 g/mol. The molecular formula is C21H30N2O3. The van der Waals surface area contributed by atoms with E-state index in [1.54, 1.807) is 0 Å². The van der Waals surface area contributed by atoms with E-state index < -0.39 is 11.7 Å². The molecule has 3 fully saturated rings. The van der Waals surface area contributed by atoms with Crippen LogP contribution >= 0.6 is 0 Å². The number of rotatable bonds is 2. The highest BCUT2D eigenvalue weighted by atomic mass is 16.3. The second-order valence-electron chi connectivity index (χ2n) is 8.22. The Hall–Kier alpha value is -1.43. The number of aliphatic hydroxyl groups excluding tert-OH is 1. The van der Waals surface area contributed by atoms with E-state index in [2.05, 4.69) is 5.32 Å². The minimum Gasteiger partial charge on any atom is -0.393 e. The summed E-state index contributed by atoms with van der Waals surface area (Å²) < 4.78 is 0. The Kier molecular flexibility index (Phi) is 5.04. The number of nitrogens with one attached hydrogen (secondary N) is 1. The minimum absolute atomic E-state index is 0.0878. The molecule has 3 N–H and O–H groups in total. The molecule has 26 heavy (non-hydrogen) atoms. The van der Waals surface area contributed by atoms with Gasteiger partial charge < -0.3 is 20.4 Å². The monoisotopic (exact) mass is 358 g/mol. The van der Waals surface area contributed by atoms with E-state index in [0.717, 1.165) is 31.2 Å². The molecule has 2 heterocycles. The molecule has 3 aliphatic rings. The van der Waals surface area contributed by atoms with Gasteiger partial charge in [0, 0.05) is 18.5 Å². The maximum absolute atomic E-state index is 13.2. The summed E-state index contributed by atoms with van der Waals surface area (Å²) in [6.45, 7) is 1.27. The molecule has 4 rings (SSSR count). The predicted molar refractivity (Wildman–Crippen MR) is 99.4 cm³/mol. The second kappa shape index (κ2) is 7.29. The summed E-state index contributed by atoms with van der Waals surface area (Å²) in [4.78, 5) is 15.2. The summed E-state index contributed by atoms with van der Waals surface area (Å²) in [7, 11) is 0. The SMILES string of the molecule is O=C([C@@H]1C[C@@H](O)CCN1)N1CC[C@](O)(c2ccccc2)[C@H]2CCCC[C@H]21. The summed E-state index contributed by atoms with van der Waals surface area (Å²) in [6, 6.07) is 9.78. The van der Waals surface area contributed by atoms with Crippen LogP contribution in [0.2, 0.25) is 0 Å². The lowest BCUT2D eigenvalue weighted by Crippen LogP contribution is -2.62. The predicted octanol–water partition coefficient (Wildman–Crippen LogP) is 1.78. The lowest BCUT2D eigenvalue weighted by atomic mass is 9.66. The highest BCUT2D eigenvalue weighted by Crippen LogP contribution is 2.47. The largest absolute Gasteiger partial charge is 0.393 e. The van der Waals surface area contributed by atoms with Gasteiger partial charge in [-0.2, -0.15) is 0 Å². The number of likely N-dealkylation sites (tertiary alicyclic amines) is 1. The van der Waals surface area contributed by atoms with Crippen LogP contribution in [0.1, 0.15) is 50.5 Å². The fourth-order valence-electron chi connectivity index (χ4n) is 5.33. The number of fused-ring (bicyclic) bond motifs is 1. The Balaban J connectivity index is 1.58. The molecule has 0 unspecified atom stereocenters. The Morgan fingerprint density at radius 1 is 1.15 bits per heavy atom. The summed E-state index contributed by atoms with van der Waals surface area (Å²) >= 11 is 0. The summed E-state index contributed by atoms with van der Waals surface area (Å²) in [5, 5.41) is 24.8. The van der Waals surface area contributed by atoms with Gasteiger partial charge in [0.05, 0.1) is 17.7 Å². The molecule has 1 saturated carbocycles. The number of hydrogen-bond donors (Lipinski definition) is 3. The molecule has 2 aliphatic heterocycles. The van der Waals surface area contributed by atoms with Gasteiger partial charge in [-0.3, -0.25) is 4.79 Å². The van der Waals surface area contributed by atoms with Crippen molar-refractivity contribution in [3.63, 3.8) is 0 Å². The third-order valence-corrected chi connectivity index (χ3v) is 6.71. The molecule has 0 radical (unpaired) electrons. The zero-order valence-electron chi connectivity index (χ0n) is 15.3. The first-order chi connectivity index (χ1) is 12.6. The van der Waals surface area contributed by atoms with Gasteiger partial charge in [0.25, 0.3) is 0 Å². The van der Waals surface area contributed by atoms with Gasteiger partial charge in [0.1, 0.15) is 0 Å². The van der Waals surface area contributed by atoms with E-state index in [-0.39, 0.29) is 23.9 Å². The highest BCUT2D eigenvalue weighted by Gasteiger charge is 2.51. The molecule has 142 valence electrons. The van der Waals surface area contributed by atoms with Crippen LogP contribution in [0.3, 0.4) is 0 Å². The molecule has 0 bridgehead atoms. The smallest absolute Gasteiger partial charge is 0.240 e. The van der Waals surface area contributed by atoms with Crippen LogP contribution in [0.25, 0.3) is 0 Å². The molecule has 1 amide bonds. The molecule has 0 spiro atoms. The van der Waals surface area contributed by atoms with Crippen molar-refractivity contribution in [2.75, 3.05) is 13.1 Å². The van der Waals surface area contributed by atoms with Crippen LogP contribution < -0.4 is 5.32 Å². The van der Waals surface area contributed by atoms with Crippen molar-refractivity contribution in [2.45, 2.75) is 68.7 Å². The van der Waals surface area contributed by atoms with Crippen LogP contribution in [0.4, 0.5) is 0 Å². The first kappa shape index (κ1) is 18.0. The van der Waals surface area contributed by atoms with E-state index in [1.165, 1.54) is 0 Å². The zero-order chi connectivity index (χ0) is 18.1. The third-order valence-electron chi connectivity index (χ3n) is 6.71. The Morgan fingerprint density at radius 3 is 2.69 bits per heavy atom. The lowest BCUT2D eigenvalue weighted by molar-refractivity contribution is -0.158. The molecule has 0 aromatic heterocycles. The van der Waals surface area contributed by atoms with Crippen molar-refractivity contribution in [2.24, 2.45) is 5.92 Å². The van der Waals surface area contributed by atoms with Crippen LogP contribution in [0, 0.1) is 5.92 Å². The Morgan fingerprint density at radius 2 is 1.92 bits per heavy atom. The first-order valence-corrected chi connectivity index (χ1v) is 10.1. The molecular weight excluding hydrogens is 328 g/mol. The number of hydrogen-bond acceptors (Lipinski definition) is 4. The number of benzene rings is 1. The van der Waals surface area contributed by atoms with E-state index >= 15 is 0 Å². The number of amides is 1. The topological polar surface area (TPSA) is 72.8 Å². The van der Waals surface area contributed by atoms with Crippen molar-refractivity contribution in [1.29, 1.82) is 0 Å². The first-order valence-electron chi connectivity index (χ1n) is 10.1. The molecule has 1 aliphatic carbocycles. The third kappa shape index (κ3) is 3.17. The maximum atomic E-state index is 13.2. The van der Waals surface area contributed by atoms with Gasteiger partial charge in [-0.05, 0) is 44.2 Å². The van der Waals surface area contributed by atoms with Gasteiger partial charge in [0.2, 0.25) is 5.91 Å². The van der Waals surface area contributed by atoms with Gasteiger partial charge >= 0.3 is 0 Å². The number of carbonyl (C=O) groups is 1. The number of nitrogens with zero attached hydrogens (tertiary/aromatic N) is 1. The van der Waals surface area contributed by atoms with Crippen molar-refractivity contribution in [3.8, 4) is 0 Å². The molecule has 2 saturated heterocycles. The quantitative estimate of drug-likeness (QED) is 0.754. The summed E-state index contributed by atoms with van der Waals surface area (Å²) in [5.41, 5.74) is 0.137. The standard InChI is InChI=1S/C21H30N2O3/c24-16-10-12-22-18(14-16)20(25)23-13-11-21(26,15-6-2-1-3-7-15)17-8-4-5-9-19(17)23/h1-3,6-7,16-19,22,24,26H,4-5,8-14H2/t16-,17-,18-,19+,21-/m0/s1. The molecule has 5 nitrogen and oxygen atoms in total. The Labute approximate surface area is 155 Å². The Bertz CT molecular complexity index is 637. The molecule has 1 aromatic carbocycles.